The van der Waals surface area contributed by atoms with Gasteiger partial charge in [0.05, 0.1) is 12.1 Å². The number of aliphatic hydroxyl groups is 1. The molecule has 3 heterocycles. The molecule has 1 saturated carbocycles. The molecule has 0 aromatic rings. The molecule has 0 aromatic heterocycles. The van der Waals surface area contributed by atoms with E-state index in [1.165, 1.54) is 0 Å². The Morgan fingerprint density at radius 3 is 3.31 bits per heavy atom. The third kappa shape index (κ3) is 0.870. The highest BCUT2D eigenvalue weighted by atomic mass is 16.6. The Bertz CT molecular complexity index is 405. The van der Waals surface area contributed by atoms with Crippen molar-refractivity contribution in [3.63, 3.8) is 0 Å². The fourth-order valence-electron chi connectivity index (χ4n) is 4.19. The molecule has 2 bridgehead atoms. The molecule has 3 aliphatic heterocycles. The molecular formula is C12H15NO3. The summed E-state index contributed by atoms with van der Waals surface area (Å²) in [5.74, 6) is -0.211. The number of hydrogen-bond acceptors (Lipinski definition) is 4. The summed E-state index contributed by atoms with van der Waals surface area (Å²) in [6.07, 6.45) is 4.95. The number of hydrogen-bond donors (Lipinski definition) is 1. The van der Waals surface area contributed by atoms with E-state index in [2.05, 4.69) is 4.90 Å². The standard InChI is InChI=1S/C12H15NO3/c14-9-4-7-5-11(15)16-12(7)6-8(9)13-3-1-2-10(12)13/h5,8-10,14H,1-4,6H2/t8-,9-,10+,12-/m0/s1. The molecule has 4 aliphatic rings. The summed E-state index contributed by atoms with van der Waals surface area (Å²) in [5.41, 5.74) is 0.674. The summed E-state index contributed by atoms with van der Waals surface area (Å²) in [4.78, 5) is 13.9. The zero-order valence-corrected chi connectivity index (χ0v) is 9.06. The van der Waals surface area contributed by atoms with Crippen molar-refractivity contribution >= 4 is 5.97 Å². The second-order valence-corrected chi connectivity index (χ2v) is 5.42. The number of rotatable bonds is 0. The largest absolute Gasteiger partial charge is 0.450 e. The van der Waals surface area contributed by atoms with E-state index in [-0.39, 0.29) is 23.7 Å². The van der Waals surface area contributed by atoms with Crippen molar-refractivity contribution < 1.29 is 14.6 Å². The van der Waals surface area contributed by atoms with Gasteiger partial charge in [0, 0.05) is 25.0 Å². The van der Waals surface area contributed by atoms with E-state index in [1.54, 1.807) is 6.08 Å². The normalized spacial score (nSPS) is 49.9. The van der Waals surface area contributed by atoms with E-state index in [0.29, 0.717) is 12.5 Å². The maximum absolute atomic E-state index is 11.5. The Hall–Kier alpha value is -0.870. The molecule has 1 aliphatic carbocycles. The van der Waals surface area contributed by atoms with Gasteiger partial charge < -0.3 is 9.84 Å². The molecule has 2 saturated heterocycles. The second kappa shape index (κ2) is 2.68. The topological polar surface area (TPSA) is 49.8 Å². The van der Waals surface area contributed by atoms with Crippen LogP contribution in [0.2, 0.25) is 0 Å². The molecule has 16 heavy (non-hydrogen) atoms. The first kappa shape index (κ1) is 9.19. The number of esters is 1. The third-order valence-corrected chi connectivity index (χ3v) is 4.76. The van der Waals surface area contributed by atoms with Crippen molar-refractivity contribution in [3.05, 3.63) is 11.6 Å². The minimum atomic E-state index is -0.364. The molecule has 4 nitrogen and oxygen atoms in total. The lowest BCUT2D eigenvalue weighted by Gasteiger charge is -2.34. The molecule has 3 fully saturated rings. The monoisotopic (exact) mass is 221 g/mol. The van der Waals surface area contributed by atoms with E-state index in [9.17, 15) is 9.90 Å². The SMILES string of the molecule is O=C1C=C2C[C@H](O)[C@@H]3C[C@@]2(O1)[C@H]1CCCN31. The second-order valence-electron chi connectivity index (χ2n) is 5.42. The number of carbonyl (C=O) groups is 1. The van der Waals surface area contributed by atoms with Gasteiger partial charge in [-0.25, -0.2) is 4.79 Å². The summed E-state index contributed by atoms with van der Waals surface area (Å²) >= 11 is 0. The lowest BCUT2D eigenvalue weighted by atomic mass is 9.76. The van der Waals surface area contributed by atoms with Crippen LogP contribution in [0.15, 0.2) is 11.6 Å². The number of fused-ring (bicyclic) bond motifs is 3. The minimum Gasteiger partial charge on any atom is -0.450 e. The molecule has 0 amide bonds. The van der Waals surface area contributed by atoms with Gasteiger partial charge in [0.1, 0.15) is 0 Å². The number of aliphatic hydroxyl groups excluding tert-OH is 1. The van der Waals surface area contributed by atoms with Crippen LogP contribution in [0.3, 0.4) is 0 Å². The van der Waals surface area contributed by atoms with Crippen molar-refractivity contribution in [2.75, 3.05) is 6.54 Å². The van der Waals surface area contributed by atoms with Crippen LogP contribution < -0.4 is 0 Å². The van der Waals surface area contributed by atoms with Gasteiger partial charge in [-0.05, 0) is 25.0 Å². The van der Waals surface area contributed by atoms with E-state index in [0.717, 1.165) is 31.4 Å². The zero-order chi connectivity index (χ0) is 10.9. The van der Waals surface area contributed by atoms with Crippen molar-refractivity contribution in [1.82, 2.24) is 4.90 Å². The first-order valence-electron chi connectivity index (χ1n) is 6.08. The van der Waals surface area contributed by atoms with Gasteiger partial charge in [0.25, 0.3) is 0 Å². The van der Waals surface area contributed by atoms with Gasteiger partial charge in [-0.1, -0.05) is 0 Å². The van der Waals surface area contributed by atoms with E-state index in [4.69, 9.17) is 4.74 Å². The molecule has 0 unspecified atom stereocenters. The lowest BCUT2D eigenvalue weighted by molar-refractivity contribution is -0.148. The summed E-state index contributed by atoms with van der Waals surface area (Å²) < 4.78 is 5.62. The first-order valence-corrected chi connectivity index (χ1v) is 6.08. The quantitative estimate of drug-likeness (QED) is 0.594. The third-order valence-electron chi connectivity index (χ3n) is 4.76. The predicted molar refractivity (Wildman–Crippen MR) is 55.7 cm³/mol. The van der Waals surface area contributed by atoms with Crippen LogP contribution >= 0.6 is 0 Å². The average Bonchev–Trinajstić information content (AvgIpc) is 2.83. The van der Waals surface area contributed by atoms with Gasteiger partial charge >= 0.3 is 5.97 Å². The van der Waals surface area contributed by atoms with Crippen LogP contribution in [-0.2, 0) is 9.53 Å². The van der Waals surface area contributed by atoms with Gasteiger partial charge in [0.2, 0.25) is 0 Å². The van der Waals surface area contributed by atoms with Crippen LogP contribution in [0.1, 0.15) is 25.7 Å². The number of carbonyl (C=O) groups excluding carboxylic acids is 1. The molecule has 4 rings (SSSR count). The summed E-state index contributed by atoms with van der Waals surface area (Å²) in [5, 5.41) is 10.1. The molecule has 4 heteroatoms. The van der Waals surface area contributed by atoms with Crippen molar-refractivity contribution in [3.8, 4) is 0 Å². The van der Waals surface area contributed by atoms with Crippen molar-refractivity contribution in [1.29, 1.82) is 0 Å². The van der Waals surface area contributed by atoms with Gasteiger partial charge in [-0.15, -0.1) is 0 Å². The molecular weight excluding hydrogens is 206 g/mol. The van der Waals surface area contributed by atoms with Gasteiger partial charge in [0.15, 0.2) is 5.60 Å². The Morgan fingerprint density at radius 1 is 1.56 bits per heavy atom. The fourth-order valence-corrected chi connectivity index (χ4v) is 4.19. The van der Waals surface area contributed by atoms with Crippen molar-refractivity contribution in [2.24, 2.45) is 0 Å². The maximum atomic E-state index is 11.5. The summed E-state index contributed by atoms with van der Waals surface area (Å²) in [6.45, 7) is 1.04. The fraction of sp³-hybridized carbons (Fsp3) is 0.750. The maximum Gasteiger partial charge on any atom is 0.331 e. The van der Waals surface area contributed by atoms with Crippen LogP contribution in [0.25, 0.3) is 0 Å². The Balaban J connectivity index is 1.85. The van der Waals surface area contributed by atoms with E-state index in [1.807, 2.05) is 0 Å². The summed E-state index contributed by atoms with van der Waals surface area (Å²) in [7, 11) is 0. The highest BCUT2D eigenvalue weighted by molar-refractivity contribution is 5.87. The van der Waals surface area contributed by atoms with Crippen LogP contribution in [0, 0.1) is 0 Å². The lowest BCUT2D eigenvalue weighted by Crippen LogP contribution is -2.44. The van der Waals surface area contributed by atoms with Crippen LogP contribution in [0.4, 0.5) is 0 Å². The van der Waals surface area contributed by atoms with E-state index >= 15 is 0 Å². The average molecular weight is 221 g/mol. The molecule has 0 radical (unpaired) electrons. The Morgan fingerprint density at radius 2 is 2.44 bits per heavy atom. The van der Waals surface area contributed by atoms with Gasteiger partial charge in [-0.3, -0.25) is 4.90 Å². The Labute approximate surface area is 93.9 Å². The van der Waals surface area contributed by atoms with Gasteiger partial charge in [-0.2, -0.15) is 0 Å². The molecule has 1 spiro atoms. The highest BCUT2D eigenvalue weighted by Gasteiger charge is 2.64. The van der Waals surface area contributed by atoms with E-state index < -0.39 is 0 Å². The van der Waals surface area contributed by atoms with Crippen LogP contribution in [0.5, 0.6) is 0 Å². The molecule has 4 atom stereocenters. The highest BCUT2D eigenvalue weighted by Crippen LogP contribution is 2.54. The summed E-state index contributed by atoms with van der Waals surface area (Å²) in [6, 6.07) is 0.530. The Kier molecular flexibility index (Phi) is 1.54. The first-order chi connectivity index (χ1) is 7.71. The number of ether oxygens (including phenoxy) is 1. The zero-order valence-electron chi connectivity index (χ0n) is 9.06. The molecule has 1 N–H and O–H groups in total. The van der Waals surface area contributed by atoms with Crippen LogP contribution in [-0.4, -0.2) is 46.3 Å². The number of nitrogens with zero attached hydrogens (tertiary/aromatic N) is 1. The minimum absolute atomic E-state index is 0.204. The smallest absolute Gasteiger partial charge is 0.331 e. The van der Waals surface area contributed by atoms with Crippen molar-refractivity contribution in [2.45, 2.75) is 49.5 Å². The molecule has 86 valence electrons. The molecule has 0 aromatic carbocycles. The predicted octanol–water partition coefficient (Wildman–Crippen LogP) is 0.210.